The number of aliphatic imine (C=N–C) groups is 1. The summed E-state index contributed by atoms with van der Waals surface area (Å²) in [5.74, 6) is 1.47. The number of rotatable bonds is 3. The molecule has 0 bridgehead atoms. The van der Waals surface area contributed by atoms with Gasteiger partial charge < -0.3 is 0 Å². The number of hydrogen-bond donors (Lipinski definition) is 0. The van der Waals surface area contributed by atoms with Gasteiger partial charge in [0.1, 0.15) is 0 Å². The number of hydrogen-bond acceptors (Lipinski definition) is 1. The molecule has 2 aliphatic carbocycles. The van der Waals surface area contributed by atoms with Crippen LogP contribution in [0.2, 0.25) is 0 Å². The summed E-state index contributed by atoms with van der Waals surface area (Å²) in [7, 11) is 0. The normalized spacial score (nSPS) is 29.6. The number of benzene rings is 1. The third kappa shape index (κ3) is 2.77. The van der Waals surface area contributed by atoms with Gasteiger partial charge in [0.25, 0.3) is 0 Å². The Morgan fingerprint density at radius 3 is 2.53 bits per heavy atom. The molecule has 0 heterocycles. The summed E-state index contributed by atoms with van der Waals surface area (Å²) in [6.07, 6.45) is 10.4. The highest BCUT2D eigenvalue weighted by molar-refractivity contribution is 5.67. The van der Waals surface area contributed by atoms with Crippen LogP contribution in [0.5, 0.6) is 0 Å². The van der Waals surface area contributed by atoms with Crippen LogP contribution < -0.4 is 0 Å². The summed E-state index contributed by atoms with van der Waals surface area (Å²) in [5.41, 5.74) is 1.49. The van der Waals surface area contributed by atoms with Gasteiger partial charge in [0, 0.05) is 18.2 Å². The average molecular weight is 227 g/mol. The summed E-state index contributed by atoms with van der Waals surface area (Å²) in [6, 6.07) is 11.5. The van der Waals surface area contributed by atoms with Crippen molar-refractivity contribution in [1.29, 1.82) is 0 Å². The lowest BCUT2D eigenvalue weighted by Crippen LogP contribution is -2.09. The van der Waals surface area contributed by atoms with Gasteiger partial charge in [-0.2, -0.15) is 0 Å². The molecule has 90 valence electrons. The Bertz CT molecular complexity index is 376. The van der Waals surface area contributed by atoms with Crippen molar-refractivity contribution >= 4 is 6.21 Å². The van der Waals surface area contributed by atoms with Crippen molar-refractivity contribution in [2.75, 3.05) is 0 Å². The van der Waals surface area contributed by atoms with Gasteiger partial charge in [0.05, 0.1) is 0 Å². The van der Waals surface area contributed by atoms with Gasteiger partial charge in [-0.15, -0.1) is 0 Å². The molecular weight excluding hydrogens is 206 g/mol. The maximum absolute atomic E-state index is 4.80. The van der Waals surface area contributed by atoms with Crippen LogP contribution in [0.3, 0.4) is 0 Å². The summed E-state index contributed by atoms with van der Waals surface area (Å²) < 4.78 is 0. The van der Waals surface area contributed by atoms with Gasteiger partial charge >= 0.3 is 0 Å². The van der Waals surface area contributed by atoms with Crippen LogP contribution in [0, 0.1) is 5.92 Å². The first-order valence-electron chi connectivity index (χ1n) is 7.02. The standard InChI is InChI=1S/C16H21N/c1-3-7-13(8-4-1)16-11-14(16)12-17-15-9-5-2-6-10-15/h1,3-4,7-8,12,14-16H,2,5-6,9-11H2. The molecule has 0 N–H and O–H groups in total. The zero-order valence-corrected chi connectivity index (χ0v) is 10.4. The lowest BCUT2D eigenvalue weighted by molar-refractivity contribution is 0.443. The minimum absolute atomic E-state index is 0.640. The molecule has 1 aromatic rings. The molecule has 2 fully saturated rings. The highest BCUT2D eigenvalue weighted by Crippen LogP contribution is 2.46. The third-order valence-electron chi connectivity index (χ3n) is 4.13. The van der Waals surface area contributed by atoms with E-state index in [-0.39, 0.29) is 0 Å². The number of nitrogens with zero attached hydrogens (tertiary/aromatic N) is 1. The maximum atomic E-state index is 4.80. The van der Waals surface area contributed by atoms with E-state index >= 15 is 0 Å². The predicted molar refractivity (Wildman–Crippen MR) is 72.7 cm³/mol. The molecule has 1 nitrogen and oxygen atoms in total. The Hall–Kier alpha value is -1.11. The molecule has 0 aliphatic heterocycles. The van der Waals surface area contributed by atoms with Crippen LogP contribution in [0.25, 0.3) is 0 Å². The monoisotopic (exact) mass is 227 g/mol. The van der Waals surface area contributed by atoms with Gasteiger partial charge in [-0.05, 0) is 30.7 Å². The minimum Gasteiger partial charge on any atom is -0.294 e. The Kier molecular flexibility index (Phi) is 3.26. The van der Waals surface area contributed by atoms with Gasteiger partial charge in [0.15, 0.2) is 0 Å². The Morgan fingerprint density at radius 1 is 1.00 bits per heavy atom. The van der Waals surface area contributed by atoms with E-state index < -0.39 is 0 Å². The average Bonchev–Trinajstić information content (AvgIpc) is 3.18. The van der Waals surface area contributed by atoms with Crippen molar-refractivity contribution < 1.29 is 0 Å². The second-order valence-corrected chi connectivity index (χ2v) is 5.51. The first-order valence-corrected chi connectivity index (χ1v) is 7.02. The van der Waals surface area contributed by atoms with Crippen molar-refractivity contribution in [3.8, 4) is 0 Å². The third-order valence-corrected chi connectivity index (χ3v) is 4.13. The topological polar surface area (TPSA) is 12.4 Å². The van der Waals surface area contributed by atoms with E-state index in [0.29, 0.717) is 6.04 Å². The fourth-order valence-electron chi connectivity index (χ4n) is 2.93. The lowest BCUT2D eigenvalue weighted by Gasteiger charge is -2.17. The van der Waals surface area contributed by atoms with Crippen LogP contribution in [0.15, 0.2) is 35.3 Å². The second-order valence-electron chi connectivity index (χ2n) is 5.51. The van der Waals surface area contributed by atoms with Crippen molar-refractivity contribution in [1.82, 2.24) is 0 Å². The molecule has 2 unspecified atom stereocenters. The Morgan fingerprint density at radius 2 is 1.76 bits per heavy atom. The molecule has 2 saturated carbocycles. The molecule has 2 aliphatic rings. The van der Waals surface area contributed by atoms with Crippen molar-refractivity contribution in [2.24, 2.45) is 10.9 Å². The lowest BCUT2D eigenvalue weighted by atomic mass is 9.96. The zero-order valence-electron chi connectivity index (χ0n) is 10.4. The maximum Gasteiger partial charge on any atom is 0.0495 e. The van der Waals surface area contributed by atoms with E-state index in [0.717, 1.165) is 11.8 Å². The SMILES string of the molecule is C(=NC1CCCCC1)C1CC1c1ccccc1. The fourth-order valence-corrected chi connectivity index (χ4v) is 2.93. The first-order chi connectivity index (χ1) is 8.43. The van der Waals surface area contributed by atoms with E-state index in [1.54, 1.807) is 0 Å². The van der Waals surface area contributed by atoms with E-state index in [1.165, 1.54) is 44.1 Å². The fraction of sp³-hybridized carbons (Fsp3) is 0.562. The first kappa shape index (κ1) is 11.0. The highest BCUT2D eigenvalue weighted by atomic mass is 14.8. The van der Waals surface area contributed by atoms with Crippen LogP contribution in [0.4, 0.5) is 0 Å². The predicted octanol–water partition coefficient (Wildman–Crippen LogP) is 4.19. The van der Waals surface area contributed by atoms with Crippen LogP contribution in [-0.2, 0) is 0 Å². The molecule has 1 aromatic carbocycles. The van der Waals surface area contributed by atoms with E-state index in [4.69, 9.17) is 4.99 Å². The van der Waals surface area contributed by atoms with Crippen molar-refractivity contribution in [2.45, 2.75) is 50.5 Å². The van der Waals surface area contributed by atoms with E-state index in [2.05, 4.69) is 36.5 Å². The second kappa shape index (κ2) is 5.03. The molecule has 1 heteroatoms. The molecule has 0 aromatic heterocycles. The van der Waals surface area contributed by atoms with Crippen LogP contribution in [-0.4, -0.2) is 12.3 Å². The summed E-state index contributed by atoms with van der Waals surface area (Å²) in [4.78, 5) is 4.80. The largest absolute Gasteiger partial charge is 0.294 e. The summed E-state index contributed by atoms with van der Waals surface area (Å²) in [6.45, 7) is 0. The molecule has 2 atom stereocenters. The molecule has 0 amide bonds. The highest BCUT2D eigenvalue weighted by Gasteiger charge is 2.36. The zero-order chi connectivity index (χ0) is 11.5. The van der Waals surface area contributed by atoms with E-state index in [9.17, 15) is 0 Å². The van der Waals surface area contributed by atoms with Crippen LogP contribution >= 0.6 is 0 Å². The Balaban J connectivity index is 1.53. The van der Waals surface area contributed by atoms with Gasteiger partial charge in [-0.1, -0.05) is 49.6 Å². The molecule has 0 radical (unpaired) electrons. The molecule has 3 rings (SSSR count). The summed E-state index contributed by atoms with van der Waals surface area (Å²) in [5, 5.41) is 0. The van der Waals surface area contributed by atoms with Gasteiger partial charge in [0.2, 0.25) is 0 Å². The van der Waals surface area contributed by atoms with Gasteiger partial charge in [-0.25, -0.2) is 0 Å². The minimum atomic E-state index is 0.640. The van der Waals surface area contributed by atoms with E-state index in [1.807, 2.05) is 0 Å². The van der Waals surface area contributed by atoms with Crippen LogP contribution in [0.1, 0.15) is 50.0 Å². The summed E-state index contributed by atoms with van der Waals surface area (Å²) >= 11 is 0. The molecule has 0 saturated heterocycles. The quantitative estimate of drug-likeness (QED) is 0.686. The van der Waals surface area contributed by atoms with Gasteiger partial charge in [-0.3, -0.25) is 4.99 Å². The molecular formula is C16H21N. The van der Waals surface area contributed by atoms with Crippen molar-refractivity contribution in [3.63, 3.8) is 0 Å². The molecule has 17 heavy (non-hydrogen) atoms. The molecule has 0 spiro atoms. The van der Waals surface area contributed by atoms with Crippen molar-refractivity contribution in [3.05, 3.63) is 35.9 Å². The smallest absolute Gasteiger partial charge is 0.0495 e. The Labute approximate surface area is 104 Å².